The zero-order valence-corrected chi connectivity index (χ0v) is 13.2. The molecule has 2 rings (SSSR count). The van der Waals surface area contributed by atoms with Crippen LogP contribution in [-0.4, -0.2) is 45.0 Å². The summed E-state index contributed by atoms with van der Waals surface area (Å²) in [7, 11) is 0.257. The Morgan fingerprint density at radius 2 is 2.00 bits per heavy atom. The number of rotatable bonds is 5. The van der Waals surface area contributed by atoms with E-state index in [1.54, 1.807) is 30.3 Å². The van der Waals surface area contributed by atoms with Gasteiger partial charge in [-0.1, -0.05) is 0 Å². The Bertz CT molecular complexity index is 744. The smallest absolute Gasteiger partial charge is 0.240 e. The van der Waals surface area contributed by atoms with Crippen molar-refractivity contribution < 1.29 is 8.42 Å². The van der Waals surface area contributed by atoms with Crippen LogP contribution in [0.1, 0.15) is 6.92 Å². The van der Waals surface area contributed by atoms with E-state index in [4.69, 9.17) is 5.73 Å². The summed E-state index contributed by atoms with van der Waals surface area (Å²) in [5, 5.41) is 0.743. The summed E-state index contributed by atoms with van der Waals surface area (Å²) >= 11 is 0. The van der Waals surface area contributed by atoms with Gasteiger partial charge in [-0.05, 0) is 51.4 Å². The van der Waals surface area contributed by atoms with Crippen molar-refractivity contribution in [3.05, 3.63) is 30.3 Å². The number of fused-ring (bicyclic) bond motifs is 1. The zero-order chi connectivity index (χ0) is 15.6. The Labute approximate surface area is 125 Å². The molecule has 0 aliphatic rings. The van der Waals surface area contributed by atoms with Gasteiger partial charge in [0.25, 0.3) is 0 Å². The van der Waals surface area contributed by atoms with Crippen LogP contribution in [0.3, 0.4) is 0 Å². The van der Waals surface area contributed by atoms with Gasteiger partial charge in [0.05, 0.1) is 10.4 Å². The molecule has 0 aliphatic carbocycles. The van der Waals surface area contributed by atoms with Gasteiger partial charge in [0.2, 0.25) is 10.0 Å². The molecule has 7 heteroatoms. The fourth-order valence-corrected chi connectivity index (χ4v) is 3.47. The molecule has 0 fully saturated rings. The Hall–Kier alpha value is -1.70. The van der Waals surface area contributed by atoms with Crippen molar-refractivity contribution in [3.63, 3.8) is 0 Å². The summed E-state index contributed by atoms with van der Waals surface area (Å²) in [4.78, 5) is 6.31. The van der Waals surface area contributed by atoms with Gasteiger partial charge in [-0.2, -0.15) is 0 Å². The van der Waals surface area contributed by atoms with Gasteiger partial charge in [0.15, 0.2) is 0 Å². The highest BCUT2D eigenvalue weighted by atomic mass is 32.2. The molecule has 2 aromatic rings. The van der Waals surface area contributed by atoms with Crippen molar-refractivity contribution in [2.75, 3.05) is 26.4 Å². The first kappa shape index (κ1) is 15.7. The molecule has 0 amide bonds. The number of aromatic nitrogens is 1. The lowest BCUT2D eigenvalue weighted by Gasteiger charge is -2.18. The van der Waals surface area contributed by atoms with E-state index in [9.17, 15) is 8.42 Å². The maximum atomic E-state index is 12.4. The van der Waals surface area contributed by atoms with Crippen LogP contribution >= 0.6 is 0 Å². The molecule has 1 aromatic carbocycles. The summed E-state index contributed by atoms with van der Waals surface area (Å²) < 4.78 is 27.4. The van der Waals surface area contributed by atoms with Crippen LogP contribution in [0, 0.1) is 0 Å². The van der Waals surface area contributed by atoms with Crippen LogP contribution in [0.15, 0.2) is 35.2 Å². The Kier molecular flexibility index (Phi) is 4.46. The van der Waals surface area contributed by atoms with Crippen molar-refractivity contribution >= 4 is 26.7 Å². The lowest BCUT2D eigenvalue weighted by atomic mass is 10.2. The standard InChI is InChI=1S/C14H20N4O2S/c1-10(9-18(2)3)17-21(19,20)12-5-6-13-11(8-12)4-7-14(15)16-13/h4-8,10,17H,9H2,1-3H3,(H2,15,16). The number of sulfonamides is 1. The second-order valence-electron chi connectivity index (χ2n) is 5.38. The number of benzene rings is 1. The molecule has 1 aromatic heterocycles. The molecule has 1 heterocycles. The Morgan fingerprint density at radius 3 is 2.67 bits per heavy atom. The van der Waals surface area contributed by atoms with Crippen LogP contribution in [-0.2, 0) is 10.0 Å². The predicted molar refractivity (Wildman–Crippen MR) is 84.5 cm³/mol. The highest BCUT2D eigenvalue weighted by molar-refractivity contribution is 7.89. The third-order valence-electron chi connectivity index (χ3n) is 2.99. The second-order valence-corrected chi connectivity index (χ2v) is 7.09. The van der Waals surface area contributed by atoms with Crippen LogP contribution in [0.4, 0.5) is 5.82 Å². The van der Waals surface area contributed by atoms with Crippen molar-refractivity contribution in [1.82, 2.24) is 14.6 Å². The number of pyridine rings is 1. The number of likely N-dealkylation sites (N-methyl/N-ethyl adjacent to an activating group) is 1. The van der Waals surface area contributed by atoms with Gasteiger partial charge in [0.1, 0.15) is 5.82 Å². The van der Waals surface area contributed by atoms with E-state index < -0.39 is 10.0 Å². The SMILES string of the molecule is CC(CN(C)C)NS(=O)(=O)c1ccc2nc(N)ccc2c1. The molecule has 0 bridgehead atoms. The largest absolute Gasteiger partial charge is 0.384 e. The summed E-state index contributed by atoms with van der Waals surface area (Å²) in [6, 6.07) is 8.05. The first-order valence-corrected chi connectivity index (χ1v) is 8.09. The van der Waals surface area contributed by atoms with Crippen molar-refractivity contribution in [2.45, 2.75) is 17.9 Å². The van der Waals surface area contributed by atoms with E-state index in [1.807, 2.05) is 25.9 Å². The van der Waals surface area contributed by atoms with Crippen LogP contribution in [0.5, 0.6) is 0 Å². The van der Waals surface area contributed by atoms with Crippen LogP contribution < -0.4 is 10.5 Å². The quantitative estimate of drug-likeness (QED) is 0.862. The van der Waals surface area contributed by atoms with Gasteiger partial charge in [-0.15, -0.1) is 0 Å². The van der Waals surface area contributed by atoms with Gasteiger partial charge < -0.3 is 10.6 Å². The van der Waals surface area contributed by atoms with E-state index >= 15 is 0 Å². The normalized spacial score (nSPS) is 13.7. The highest BCUT2D eigenvalue weighted by Gasteiger charge is 2.18. The average molecular weight is 308 g/mol. The molecule has 1 unspecified atom stereocenters. The van der Waals surface area contributed by atoms with E-state index in [2.05, 4.69) is 9.71 Å². The number of hydrogen-bond acceptors (Lipinski definition) is 5. The van der Waals surface area contributed by atoms with E-state index in [0.717, 1.165) is 5.39 Å². The summed E-state index contributed by atoms with van der Waals surface area (Å²) in [6.07, 6.45) is 0. The van der Waals surface area contributed by atoms with E-state index in [-0.39, 0.29) is 10.9 Å². The minimum Gasteiger partial charge on any atom is -0.384 e. The number of anilines is 1. The van der Waals surface area contributed by atoms with Gasteiger partial charge in [-0.25, -0.2) is 18.1 Å². The molecule has 3 N–H and O–H groups in total. The lowest BCUT2D eigenvalue weighted by molar-refractivity contribution is 0.370. The maximum absolute atomic E-state index is 12.4. The number of nitrogen functional groups attached to an aromatic ring is 1. The molecule has 0 saturated carbocycles. The first-order valence-electron chi connectivity index (χ1n) is 6.61. The van der Waals surface area contributed by atoms with Gasteiger partial charge in [0, 0.05) is 18.0 Å². The summed E-state index contributed by atoms with van der Waals surface area (Å²) in [6.45, 7) is 2.46. The fourth-order valence-electron chi connectivity index (χ4n) is 2.20. The number of nitrogens with one attached hydrogen (secondary N) is 1. The third kappa shape index (κ3) is 3.90. The third-order valence-corrected chi connectivity index (χ3v) is 4.58. The fraction of sp³-hybridized carbons (Fsp3) is 0.357. The monoisotopic (exact) mass is 308 g/mol. The topological polar surface area (TPSA) is 88.3 Å². The van der Waals surface area contributed by atoms with Crippen LogP contribution in [0.2, 0.25) is 0 Å². The van der Waals surface area contributed by atoms with E-state index in [0.29, 0.717) is 17.9 Å². The predicted octanol–water partition coefficient (Wildman–Crippen LogP) is 1.05. The van der Waals surface area contributed by atoms with E-state index in [1.165, 1.54) is 0 Å². The Morgan fingerprint density at radius 1 is 1.29 bits per heavy atom. The average Bonchev–Trinajstić information content (AvgIpc) is 2.36. The molecule has 0 aliphatic heterocycles. The molecule has 21 heavy (non-hydrogen) atoms. The summed E-state index contributed by atoms with van der Waals surface area (Å²) in [5.74, 6) is 0.413. The lowest BCUT2D eigenvalue weighted by Crippen LogP contribution is -2.39. The van der Waals surface area contributed by atoms with Crippen molar-refractivity contribution in [2.24, 2.45) is 0 Å². The molecule has 0 saturated heterocycles. The zero-order valence-electron chi connectivity index (χ0n) is 12.4. The van der Waals surface area contributed by atoms with Crippen LogP contribution in [0.25, 0.3) is 10.9 Å². The minimum atomic E-state index is -3.54. The van der Waals surface area contributed by atoms with Gasteiger partial charge >= 0.3 is 0 Å². The number of nitrogens with zero attached hydrogens (tertiary/aromatic N) is 2. The molecule has 6 nitrogen and oxygen atoms in total. The second kappa shape index (κ2) is 5.97. The van der Waals surface area contributed by atoms with Gasteiger partial charge in [-0.3, -0.25) is 0 Å². The molecular formula is C14H20N4O2S. The molecular weight excluding hydrogens is 288 g/mol. The summed E-state index contributed by atoms with van der Waals surface area (Å²) in [5.41, 5.74) is 6.29. The number of hydrogen-bond donors (Lipinski definition) is 2. The van der Waals surface area contributed by atoms with Crippen molar-refractivity contribution in [1.29, 1.82) is 0 Å². The molecule has 0 spiro atoms. The highest BCUT2D eigenvalue weighted by Crippen LogP contribution is 2.19. The Balaban J connectivity index is 2.30. The first-order chi connectivity index (χ1) is 9.78. The van der Waals surface area contributed by atoms with Crippen molar-refractivity contribution in [3.8, 4) is 0 Å². The molecule has 1 atom stereocenters. The maximum Gasteiger partial charge on any atom is 0.240 e. The number of nitrogens with two attached hydrogens (primary N) is 1. The molecule has 0 radical (unpaired) electrons. The minimum absolute atomic E-state index is 0.176. The molecule has 114 valence electrons.